The summed E-state index contributed by atoms with van der Waals surface area (Å²) in [6.45, 7) is 2.08. The number of terminal acetylenes is 1. The Morgan fingerprint density at radius 1 is 1.58 bits per heavy atom. The first kappa shape index (κ1) is 8.76. The fourth-order valence-electron chi connectivity index (χ4n) is 0.913. The van der Waals surface area contributed by atoms with E-state index in [9.17, 15) is 0 Å². The molecule has 2 nitrogen and oxygen atoms in total. The van der Waals surface area contributed by atoms with Crippen molar-refractivity contribution in [2.45, 2.75) is 13.0 Å². The van der Waals surface area contributed by atoms with Crippen LogP contribution >= 0.6 is 0 Å². The molecule has 0 saturated heterocycles. The largest absolute Gasteiger partial charge is 0.313 e. The van der Waals surface area contributed by atoms with Gasteiger partial charge in [0, 0.05) is 12.2 Å². The third-order valence-corrected chi connectivity index (χ3v) is 1.87. The van der Waals surface area contributed by atoms with Gasteiger partial charge in [0.15, 0.2) is 0 Å². The van der Waals surface area contributed by atoms with Crippen LogP contribution in [0, 0.1) is 12.3 Å². The van der Waals surface area contributed by atoms with Gasteiger partial charge < -0.3 is 5.32 Å². The van der Waals surface area contributed by atoms with Crippen molar-refractivity contribution in [1.82, 2.24) is 10.3 Å². The lowest BCUT2D eigenvalue weighted by Gasteiger charge is -2.08. The highest BCUT2D eigenvalue weighted by atomic mass is 14.9. The number of nitrogens with zero attached hydrogens (tertiary/aromatic N) is 1. The molecule has 1 atom stereocenters. The van der Waals surface area contributed by atoms with E-state index < -0.39 is 0 Å². The van der Waals surface area contributed by atoms with Crippen LogP contribution in [0.4, 0.5) is 0 Å². The van der Waals surface area contributed by atoms with Gasteiger partial charge >= 0.3 is 0 Å². The van der Waals surface area contributed by atoms with Crippen LogP contribution in [0.2, 0.25) is 0 Å². The molecule has 0 saturated carbocycles. The Bertz CT molecular complexity index is 282. The van der Waals surface area contributed by atoms with E-state index in [-0.39, 0.29) is 0 Å². The highest BCUT2D eigenvalue weighted by molar-refractivity contribution is 5.27. The molecule has 1 heterocycles. The van der Waals surface area contributed by atoms with Gasteiger partial charge in [-0.3, -0.25) is 0 Å². The highest BCUT2D eigenvalue weighted by Crippen LogP contribution is 2.09. The van der Waals surface area contributed by atoms with Crippen LogP contribution in [0.15, 0.2) is 18.3 Å². The summed E-state index contributed by atoms with van der Waals surface area (Å²) in [5.41, 5.74) is 1.83. The van der Waals surface area contributed by atoms with Crippen molar-refractivity contribution in [2.75, 3.05) is 7.05 Å². The Hall–Kier alpha value is -1.33. The Morgan fingerprint density at radius 3 is 2.75 bits per heavy atom. The first-order chi connectivity index (χ1) is 5.77. The first-order valence-electron chi connectivity index (χ1n) is 3.87. The molecular formula is C10H12N2. The van der Waals surface area contributed by atoms with Gasteiger partial charge in [-0.1, -0.05) is 12.0 Å². The maximum Gasteiger partial charge on any atom is 0.112 e. The summed E-state index contributed by atoms with van der Waals surface area (Å²) in [6.07, 6.45) is 6.98. The Balaban J connectivity index is 2.86. The van der Waals surface area contributed by atoms with Crippen molar-refractivity contribution in [3.8, 4) is 12.3 Å². The minimum absolute atomic E-state index is 0.323. The average Bonchev–Trinajstić information content (AvgIpc) is 2.17. The van der Waals surface area contributed by atoms with E-state index >= 15 is 0 Å². The second-order valence-corrected chi connectivity index (χ2v) is 2.63. The van der Waals surface area contributed by atoms with E-state index in [4.69, 9.17) is 6.42 Å². The molecule has 2 heteroatoms. The lowest BCUT2D eigenvalue weighted by atomic mass is 10.1. The zero-order valence-corrected chi connectivity index (χ0v) is 7.33. The first-order valence-corrected chi connectivity index (χ1v) is 3.87. The normalized spacial score (nSPS) is 12.1. The molecule has 1 rings (SSSR count). The molecule has 0 fully saturated rings. The van der Waals surface area contributed by atoms with Crippen LogP contribution < -0.4 is 5.32 Å². The molecule has 12 heavy (non-hydrogen) atoms. The lowest BCUT2D eigenvalue weighted by molar-refractivity contribution is 0.649. The van der Waals surface area contributed by atoms with Crippen molar-refractivity contribution < 1.29 is 0 Å². The number of nitrogens with one attached hydrogen (secondary N) is 1. The molecule has 62 valence electrons. The summed E-state index contributed by atoms with van der Waals surface area (Å²) in [7, 11) is 1.92. The van der Waals surface area contributed by atoms with Crippen LogP contribution in [0.5, 0.6) is 0 Å². The second kappa shape index (κ2) is 3.89. The maximum absolute atomic E-state index is 5.18. The van der Waals surface area contributed by atoms with Crippen molar-refractivity contribution >= 4 is 0 Å². The summed E-state index contributed by atoms with van der Waals surface area (Å²) < 4.78 is 0. The minimum Gasteiger partial charge on any atom is -0.313 e. The highest BCUT2D eigenvalue weighted by Gasteiger charge is 2.00. The summed E-state index contributed by atoms with van der Waals surface area (Å²) in [5, 5.41) is 3.13. The number of hydrogen-bond acceptors (Lipinski definition) is 2. The van der Waals surface area contributed by atoms with Crippen LogP contribution in [-0.2, 0) is 0 Å². The predicted molar refractivity (Wildman–Crippen MR) is 49.6 cm³/mol. The number of pyridine rings is 1. The third-order valence-electron chi connectivity index (χ3n) is 1.87. The predicted octanol–water partition coefficient (Wildman–Crippen LogP) is 1.34. The topological polar surface area (TPSA) is 24.9 Å². The molecule has 1 aromatic heterocycles. The Kier molecular flexibility index (Phi) is 2.84. The standard InChI is InChI=1S/C10H12N2/c1-4-10-6-5-9(7-12-10)8(2)11-3/h1,5-8,11H,2-3H3/t8-/m1/s1. The van der Waals surface area contributed by atoms with Gasteiger partial charge in [0.05, 0.1) is 0 Å². The summed E-state index contributed by atoms with van der Waals surface area (Å²) in [5.74, 6) is 2.48. The van der Waals surface area contributed by atoms with Crippen LogP contribution in [-0.4, -0.2) is 12.0 Å². The van der Waals surface area contributed by atoms with Gasteiger partial charge in [0.25, 0.3) is 0 Å². The number of hydrogen-bond donors (Lipinski definition) is 1. The molecule has 0 aliphatic carbocycles. The average molecular weight is 160 g/mol. The molecule has 0 radical (unpaired) electrons. The zero-order valence-electron chi connectivity index (χ0n) is 7.33. The fourth-order valence-corrected chi connectivity index (χ4v) is 0.913. The summed E-state index contributed by atoms with van der Waals surface area (Å²) >= 11 is 0. The Labute approximate surface area is 73.0 Å². The summed E-state index contributed by atoms with van der Waals surface area (Å²) in [6, 6.07) is 4.16. The SMILES string of the molecule is C#Cc1ccc([C@@H](C)NC)cn1. The van der Waals surface area contributed by atoms with Crippen LogP contribution in [0.25, 0.3) is 0 Å². The molecule has 0 aliphatic rings. The third kappa shape index (κ3) is 1.84. The molecule has 0 aliphatic heterocycles. The van der Waals surface area contributed by atoms with Crippen molar-refractivity contribution in [3.05, 3.63) is 29.6 Å². The molecule has 0 amide bonds. The van der Waals surface area contributed by atoms with E-state index in [0.29, 0.717) is 11.7 Å². The van der Waals surface area contributed by atoms with Crippen molar-refractivity contribution in [3.63, 3.8) is 0 Å². The molecular weight excluding hydrogens is 148 g/mol. The Morgan fingerprint density at radius 2 is 2.33 bits per heavy atom. The molecule has 1 N–H and O–H groups in total. The van der Waals surface area contributed by atoms with Gasteiger partial charge in [-0.05, 0) is 25.6 Å². The van der Waals surface area contributed by atoms with Gasteiger partial charge in [-0.2, -0.15) is 0 Å². The van der Waals surface area contributed by atoms with Gasteiger partial charge in [-0.15, -0.1) is 6.42 Å². The van der Waals surface area contributed by atoms with Crippen molar-refractivity contribution in [2.24, 2.45) is 0 Å². The van der Waals surface area contributed by atoms with Crippen LogP contribution in [0.3, 0.4) is 0 Å². The smallest absolute Gasteiger partial charge is 0.112 e. The molecule has 0 unspecified atom stereocenters. The fraction of sp³-hybridized carbons (Fsp3) is 0.300. The summed E-state index contributed by atoms with van der Waals surface area (Å²) in [4.78, 5) is 4.09. The van der Waals surface area contributed by atoms with Crippen molar-refractivity contribution in [1.29, 1.82) is 0 Å². The van der Waals surface area contributed by atoms with E-state index in [1.165, 1.54) is 0 Å². The molecule has 0 spiro atoms. The van der Waals surface area contributed by atoms with E-state index in [0.717, 1.165) is 5.56 Å². The lowest BCUT2D eigenvalue weighted by Crippen LogP contribution is -2.12. The van der Waals surface area contributed by atoms with Gasteiger partial charge in [-0.25, -0.2) is 4.98 Å². The van der Waals surface area contributed by atoms with E-state index in [2.05, 4.69) is 23.1 Å². The number of aromatic nitrogens is 1. The van der Waals surface area contributed by atoms with Gasteiger partial charge in [0.2, 0.25) is 0 Å². The molecule has 0 bridgehead atoms. The van der Waals surface area contributed by atoms with Crippen LogP contribution in [0.1, 0.15) is 24.2 Å². The van der Waals surface area contributed by atoms with E-state index in [1.807, 2.05) is 19.2 Å². The zero-order chi connectivity index (χ0) is 8.97. The maximum atomic E-state index is 5.18. The second-order valence-electron chi connectivity index (χ2n) is 2.63. The molecule has 1 aromatic rings. The monoisotopic (exact) mass is 160 g/mol. The minimum atomic E-state index is 0.323. The molecule has 0 aromatic carbocycles. The van der Waals surface area contributed by atoms with Gasteiger partial charge in [0.1, 0.15) is 5.69 Å². The van der Waals surface area contributed by atoms with E-state index in [1.54, 1.807) is 6.20 Å². The quantitative estimate of drug-likeness (QED) is 0.660. The number of rotatable bonds is 2.